The molecule has 4 aromatic rings. The molecule has 0 aliphatic heterocycles. The highest BCUT2D eigenvalue weighted by molar-refractivity contribution is 5.89. The van der Waals surface area contributed by atoms with Crippen LogP contribution in [0.2, 0.25) is 0 Å². The van der Waals surface area contributed by atoms with Gasteiger partial charge < -0.3 is 9.47 Å². The molecule has 0 saturated carbocycles. The Labute approximate surface area is 256 Å². The van der Waals surface area contributed by atoms with E-state index in [0.29, 0.717) is 17.7 Å². The van der Waals surface area contributed by atoms with Crippen LogP contribution >= 0.6 is 0 Å². The Morgan fingerprint density at radius 3 is 2.19 bits per heavy atom. The summed E-state index contributed by atoms with van der Waals surface area (Å²) in [6.45, 7) is 0.713. The van der Waals surface area contributed by atoms with Crippen molar-refractivity contribution >= 4 is 12.0 Å². The molecule has 4 rings (SSSR count). The van der Waals surface area contributed by atoms with Crippen molar-refractivity contribution < 1.29 is 14.3 Å². The Morgan fingerprint density at radius 1 is 0.767 bits per heavy atom. The highest BCUT2D eigenvalue weighted by Crippen LogP contribution is 2.24. The maximum atomic E-state index is 11.9. The van der Waals surface area contributed by atoms with E-state index in [1.807, 2.05) is 66.7 Å². The number of esters is 1. The lowest BCUT2D eigenvalue weighted by molar-refractivity contribution is 0.0600. The van der Waals surface area contributed by atoms with Crippen molar-refractivity contribution in [2.24, 2.45) is 5.92 Å². The van der Waals surface area contributed by atoms with Crippen molar-refractivity contribution in [3.63, 3.8) is 0 Å². The number of rotatable bonds is 16. The summed E-state index contributed by atoms with van der Waals surface area (Å²) in [6, 6.07) is 36.6. The van der Waals surface area contributed by atoms with Gasteiger partial charge in [-0.3, -0.25) is 0 Å². The van der Waals surface area contributed by atoms with Crippen molar-refractivity contribution in [2.45, 2.75) is 51.4 Å². The summed E-state index contributed by atoms with van der Waals surface area (Å²) in [7, 11) is 1.40. The standard InChI is InChI=1S/C39H41NO3/c1-42-39(41)37-26-23-34(24-27-37)29-33(19-16-32-17-20-35(30-40)21-18-32)22-25-36-14-8-9-15-38(36)43-28-10-3-2-5-11-31-12-6-4-7-13-31/h4,6-9,12-15,17-18,20-27,33H,2-3,5,10-11,16,19,28-29H2,1H3. The third-order valence-electron chi connectivity index (χ3n) is 7.69. The van der Waals surface area contributed by atoms with E-state index in [2.05, 4.69) is 54.6 Å². The SMILES string of the molecule is COC(=O)c1ccc(CC(C=Cc2ccccc2OCCCCCCc2ccccc2)CCc2ccc(C#N)cc2)cc1. The number of nitrogens with zero attached hydrogens (tertiary/aromatic N) is 1. The molecule has 0 amide bonds. The van der Waals surface area contributed by atoms with E-state index in [0.717, 1.165) is 49.8 Å². The molecule has 4 aromatic carbocycles. The number of hydrogen-bond donors (Lipinski definition) is 0. The van der Waals surface area contributed by atoms with Gasteiger partial charge in [0.2, 0.25) is 0 Å². The van der Waals surface area contributed by atoms with Gasteiger partial charge in [-0.1, -0.05) is 97.8 Å². The average Bonchev–Trinajstić information content (AvgIpc) is 3.06. The summed E-state index contributed by atoms with van der Waals surface area (Å²) in [5.74, 6) is 0.862. The molecule has 43 heavy (non-hydrogen) atoms. The Morgan fingerprint density at radius 2 is 1.44 bits per heavy atom. The van der Waals surface area contributed by atoms with Gasteiger partial charge in [-0.2, -0.15) is 5.26 Å². The molecule has 1 atom stereocenters. The van der Waals surface area contributed by atoms with Crippen molar-refractivity contribution in [1.29, 1.82) is 5.26 Å². The van der Waals surface area contributed by atoms with Gasteiger partial charge in [-0.15, -0.1) is 0 Å². The van der Waals surface area contributed by atoms with Crippen LogP contribution in [0.4, 0.5) is 0 Å². The van der Waals surface area contributed by atoms with Crippen molar-refractivity contribution in [1.82, 2.24) is 0 Å². The normalized spacial score (nSPS) is 11.6. The first-order valence-corrected chi connectivity index (χ1v) is 15.2. The Balaban J connectivity index is 1.35. The maximum absolute atomic E-state index is 11.9. The first-order valence-electron chi connectivity index (χ1n) is 15.2. The van der Waals surface area contributed by atoms with Gasteiger partial charge in [-0.05, 0) is 91.5 Å². The molecular formula is C39H41NO3. The fourth-order valence-corrected chi connectivity index (χ4v) is 5.16. The minimum absolute atomic E-state index is 0.275. The third-order valence-corrected chi connectivity index (χ3v) is 7.69. The fraction of sp³-hybridized carbons (Fsp3) is 0.282. The summed E-state index contributed by atoms with van der Waals surface area (Å²) in [5.41, 5.74) is 6.10. The van der Waals surface area contributed by atoms with Crippen molar-refractivity contribution in [3.8, 4) is 11.8 Å². The zero-order valence-corrected chi connectivity index (χ0v) is 25.1. The number of carbonyl (C=O) groups excluding carboxylic acids is 1. The number of para-hydroxylation sites is 1. The molecule has 0 aliphatic rings. The Kier molecular flexibility index (Phi) is 12.6. The van der Waals surface area contributed by atoms with E-state index in [1.54, 1.807) is 0 Å². The zero-order valence-electron chi connectivity index (χ0n) is 25.1. The van der Waals surface area contributed by atoms with Gasteiger partial charge in [0.1, 0.15) is 5.75 Å². The summed E-state index contributed by atoms with van der Waals surface area (Å²) in [6.07, 6.45) is 12.9. The Hall–Kier alpha value is -4.62. The molecule has 0 aromatic heterocycles. The minimum atomic E-state index is -0.326. The van der Waals surface area contributed by atoms with Gasteiger partial charge in [0, 0.05) is 5.56 Å². The number of benzene rings is 4. The van der Waals surface area contributed by atoms with Crippen LogP contribution in [-0.2, 0) is 24.0 Å². The van der Waals surface area contributed by atoms with Crippen molar-refractivity contribution in [2.75, 3.05) is 13.7 Å². The molecule has 0 aliphatic carbocycles. The minimum Gasteiger partial charge on any atom is -0.493 e. The quantitative estimate of drug-likeness (QED) is 0.0994. The number of hydrogen-bond acceptors (Lipinski definition) is 4. The van der Waals surface area contributed by atoms with Crippen LogP contribution in [0.5, 0.6) is 5.75 Å². The van der Waals surface area contributed by atoms with E-state index < -0.39 is 0 Å². The van der Waals surface area contributed by atoms with Gasteiger partial charge in [-0.25, -0.2) is 4.79 Å². The average molecular weight is 572 g/mol. The second-order valence-corrected chi connectivity index (χ2v) is 10.9. The molecular weight excluding hydrogens is 530 g/mol. The molecule has 0 bridgehead atoms. The van der Waals surface area contributed by atoms with Gasteiger partial charge in [0.25, 0.3) is 0 Å². The largest absolute Gasteiger partial charge is 0.493 e. The second kappa shape index (κ2) is 17.4. The molecule has 4 nitrogen and oxygen atoms in total. The predicted molar refractivity (Wildman–Crippen MR) is 174 cm³/mol. The van der Waals surface area contributed by atoms with Crippen LogP contribution in [0.25, 0.3) is 6.08 Å². The summed E-state index contributed by atoms with van der Waals surface area (Å²) in [4.78, 5) is 11.9. The van der Waals surface area contributed by atoms with Crippen LogP contribution in [-0.4, -0.2) is 19.7 Å². The number of unbranched alkanes of at least 4 members (excludes halogenated alkanes) is 3. The van der Waals surface area contributed by atoms with Gasteiger partial charge >= 0.3 is 5.97 Å². The number of carbonyl (C=O) groups is 1. The molecule has 4 heteroatoms. The van der Waals surface area contributed by atoms with Gasteiger partial charge in [0.05, 0.1) is 30.9 Å². The first-order chi connectivity index (χ1) is 21.1. The van der Waals surface area contributed by atoms with E-state index in [1.165, 1.54) is 36.6 Å². The zero-order chi connectivity index (χ0) is 30.1. The van der Waals surface area contributed by atoms with E-state index >= 15 is 0 Å². The van der Waals surface area contributed by atoms with E-state index in [-0.39, 0.29) is 11.9 Å². The summed E-state index contributed by atoms with van der Waals surface area (Å²) in [5, 5.41) is 9.12. The lowest BCUT2D eigenvalue weighted by Crippen LogP contribution is -2.05. The van der Waals surface area contributed by atoms with Crippen LogP contribution in [0, 0.1) is 17.2 Å². The maximum Gasteiger partial charge on any atom is 0.337 e. The molecule has 0 N–H and O–H groups in total. The molecule has 0 radical (unpaired) electrons. The highest BCUT2D eigenvalue weighted by Gasteiger charge is 2.11. The van der Waals surface area contributed by atoms with Crippen LogP contribution < -0.4 is 4.74 Å². The van der Waals surface area contributed by atoms with Gasteiger partial charge in [0.15, 0.2) is 0 Å². The fourth-order valence-electron chi connectivity index (χ4n) is 5.16. The highest BCUT2D eigenvalue weighted by atomic mass is 16.5. The molecule has 0 saturated heterocycles. The molecule has 0 spiro atoms. The predicted octanol–water partition coefficient (Wildman–Crippen LogP) is 9.03. The molecule has 1 unspecified atom stereocenters. The number of nitriles is 1. The monoisotopic (exact) mass is 571 g/mol. The molecule has 0 fully saturated rings. The summed E-state index contributed by atoms with van der Waals surface area (Å²) < 4.78 is 11.1. The number of aryl methyl sites for hydroxylation is 2. The van der Waals surface area contributed by atoms with Crippen LogP contribution in [0.3, 0.4) is 0 Å². The smallest absolute Gasteiger partial charge is 0.337 e. The van der Waals surface area contributed by atoms with Crippen molar-refractivity contribution in [3.05, 3.63) is 143 Å². The number of ether oxygens (including phenoxy) is 2. The van der Waals surface area contributed by atoms with E-state index in [4.69, 9.17) is 14.7 Å². The van der Waals surface area contributed by atoms with Crippen LogP contribution in [0.15, 0.2) is 109 Å². The second-order valence-electron chi connectivity index (χ2n) is 10.9. The number of allylic oxidation sites excluding steroid dienone is 1. The lowest BCUT2D eigenvalue weighted by atomic mass is 9.91. The lowest BCUT2D eigenvalue weighted by Gasteiger charge is -2.15. The summed E-state index contributed by atoms with van der Waals surface area (Å²) >= 11 is 0. The number of methoxy groups -OCH3 is 1. The van der Waals surface area contributed by atoms with E-state index in [9.17, 15) is 4.79 Å². The molecule has 0 heterocycles. The topological polar surface area (TPSA) is 59.3 Å². The van der Waals surface area contributed by atoms with Crippen LogP contribution in [0.1, 0.15) is 70.3 Å². The third kappa shape index (κ3) is 10.6. The molecule has 220 valence electrons. The first kappa shape index (κ1) is 31.3. The Bertz CT molecular complexity index is 1470.